The van der Waals surface area contributed by atoms with E-state index < -0.39 is 0 Å². The van der Waals surface area contributed by atoms with E-state index in [0.29, 0.717) is 29.0 Å². The van der Waals surface area contributed by atoms with Gasteiger partial charge in [0.05, 0.1) is 6.61 Å². The Morgan fingerprint density at radius 3 is 2.20 bits per heavy atom. The molecule has 3 nitrogen and oxygen atoms in total. The zero-order valence-corrected chi connectivity index (χ0v) is 21.8. The minimum absolute atomic E-state index is 0.0178. The second-order valence-corrected chi connectivity index (χ2v) is 11.0. The molecule has 166 valence electrons. The largest absolute Gasteiger partial charge is 0.490 e. The number of rotatable bonds is 9. The molecular formula is C24H32BrCl2NO2. The van der Waals surface area contributed by atoms with Crippen molar-refractivity contribution in [1.29, 1.82) is 0 Å². The van der Waals surface area contributed by atoms with Gasteiger partial charge in [-0.25, -0.2) is 0 Å². The van der Waals surface area contributed by atoms with Crippen molar-refractivity contribution >= 4 is 39.1 Å². The quantitative estimate of drug-likeness (QED) is 0.365. The van der Waals surface area contributed by atoms with Crippen molar-refractivity contribution in [3.63, 3.8) is 0 Å². The van der Waals surface area contributed by atoms with E-state index in [-0.39, 0.29) is 11.0 Å². The molecule has 0 aliphatic rings. The van der Waals surface area contributed by atoms with Crippen LogP contribution in [0, 0.1) is 5.41 Å². The smallest absolute Gasteiger partial charge is 0.162 e. The van der Waals surface area contributed by atoms with Gasteiger partial charge in [0, 0.05) is 32.2 Å². The Hall–Kier alpha value is -0.940. The van der Waals surface area contributed by atoms with Gasteiger partial charge in [-0.1, -0.05) is 66.0 Å². The summed E-state index contributed by atoms with van der Waals surface area (Å²) in [4.78, 5) is 0. The van der Waals surface area contributed by atoms with E-state index in [0.717, 1.165) is 34.3 Å². The molecule has 0 saturated carbocycles. The van der Waals surface area contributed by atoms with Crippen LogP contribution in [0.4, 0.5) is 0 Å². The van der Waals surface area contributed by atoms with Crippen molar-refractivity contribution in [1.82, 2.24) is 5.32 Å². The van der Waals surface area contributed by atoms with E-state index in [1.165, 1.54) is 0 Å². The zero-order chi connectivity index (χ0) is 22.5. The lowest BCUT2D eigenvalue weighted by Crippen LogP contribution is -2.41. The first-order valence-corrected chi connectivity index (χ1v) is 11.7. The Labute approximate surface area is 199 Å². The Balaban J connectivity index is 2.16. The standard InChI is InChI=1S/C24H32BrCl2NO2/c1-7-29-21-10-17(13-28-24(5,6)15-23(2,3)4)19(25)12-22(21)30-14-16-8-9-18(26)11-20(16)27/h8-12,28H,7,13-15H2,1-6H3. The molecule has 2 aromatic carbocycles. The van der Waals surface area contributed by atoms with E-state index >= 15 is 0 Å². The molecule has 0 fully saturated rings. The summed E-state index contributed by atoms with van der Waals surface area (Å²) in [5, 5.41) is 4.86. The van der Waals surface area contributed by atoms with Crippen molar-refractivity contribution < 1.29 is 9.47 Å². The second kappa shape index (κ2) is 10.6. The van der Waals surface area contributed by atoms with Gasteiger partial charge in [0.1, 0.15) is 6.61 Å². The molecule has 2 aromatic rings. The fourth-order valence-corrected chi connectivity index (χ4v) is 4.54. The molecule has 2 rings (SSSR count). The van der Waals surface area contributed by atoms with E-state index in [4.69, 9.17) is 32.7 Å². The van der Waals surface area contributed by atoms with Crippen molar-refractivity contribution in [3.8, 4) is 11.5 Å². The third kappa shape index (κ3) is 7.96. The highest BCUT2D eigenvalue weighted by Crippen LogP contribution is 2.36. The van der Waals surface area contributed by atoms with Crippen molar-refractivity contribution in [2.75, 3.05) is 6.61 Å². The summed E-state index contributed by atoms with van der Waals surface area (Å²) in [5.74, 6) is 1.39. The van der Waals surface area contributed by atoms with E-state index in [2.05, 4.69) is 55.9 Å². The molecule has 6 heteroatoms. The maximum Gasteiger partial charge on any atom is 0.162 e. The molecule has 0 aliphatic heterocycles. The lowest BCUT2D eigenvalue weighted by molar-refractivity contribution is 0.240. The third-order valence-electron chi connectivity index (χ3n) is 4.54. The number of hydrogen-bond donors (Lipinski definition) is 1. The van der Waals surface area contributed by atoms with Crippen LogP contribution in [-0.2, 0) is 13.2 Å². The number of halogens is 3. The molecule has 0 unspecified atom stereocenters. The van der Waals surface area contributed by atoms with Crippen LogP contribution in [0.1, 0.15) is 59.1 Å². The van der Waals surface area contributed by atoms with Crippen LogP contribution in [0.3, 0.4) is 0 Å². The van der Waals surface area contributed by atoms with Gasteiger partial charge in [0.25, 0.3) is 0 Å². The molecule has 0 aromatic heterocycles. The van der Waals surface area contributed by atoms with Gasteiger partial charge in [-0.15, -0.1) is 0 Å². The summed E-state index contributed by atoms with van der Waals surface area (Å²) in [6.45, 7) is 14.8. The summed E-state index contributed by atoms with van der Waals surface area (Å²) in [7, 11) is 0. The van der Waals surface area contributed by atoms with Gasteiger partial charge < -0.3 is 14.8 Å². The van der Waals surface area contributed by atoms with Gasteiger partial charge in [0.15, 0.2) is 11.5 Å². The number of hydrogen-bond acceptors (Lipinski definition) is 3. The SMILES string of the molecule is CCOc1cc(CNC(C)(C)CC(C)(C)C)c(Br)cc1OCc1ccc(Cl)cc1Cl. The van der Waals surface area contributed by atoms with E-state index in [9.17, 15) is 0 Å². The monoisotopic (exact) mass is 515 g/mol. The first-order chi connectivity index (χ1) is 13.9. The lowest BCUT2D eigenvalue weighted by Gasteiger charge is -2.33. The molecular weight excluding hydrogens is 485 g/mol. The first-order valence-electron chi connectivity index (χ1n) is 10.2. The van der Waals surface area contributed by atoms with Crippen LogP contribution in [0.25, 0.3) is 0 Å². The van der Waals surface area contributed by atoms with Crippen LogP contribution in [0.5, 0.6) is 11.5 Å². The molecule has 0 atom stereocenters. The minimum atomic E-state index is 0.0178. The van der Waals surface area contributed by atoms with E-state index in [1.54, 1.807) is 12.1 Å². The Morgan fingerprint density at radius 2 is 1.60 bits per heavy atom. The van der Waals surface area contributed by atoms with Crippen molar-refractivity contribution in [2.45, 2.75) is 66.7 Å². The molecule has 0 radical (unpaired) electrons. The molecule has 0 heterocycles. The number of benzene rings is 2. The molecule has 0 aliphatic carbocycles. The molecule has 1 N–H and O–H groups in total. The average Bonchev–Trinajstić information content (AvgIpc) is 2.60. The summed E-state index contributed by atoms with van der Waals surface area (Å²) in [5.41, 5.74) is 2.26. The first kappa shape index (κ1) is 25.3. The predicted molar refractivity (Wildman–Crippen MR) is 131 cm³/mol. The highest BCUT2D eigenvalue weighted by atomic mass is 79.9. The van der Waals surface area contributed by atoms with Gasteiger partial charge in [0.2, 0.25) is 0 Å². The topological polar surface area (TPSA) is 30.5 Å². The normalized spacial score (nSPS) is 12.2. The van der Waals surface area contributed by atoms with Crippen molar-refractivity contribution in [2.24, 2.45) is 5.41 Å². The Kier molecular flexibility index (Phi) is 8.93. The van der Waals surface area contributed by atoms with Gasteiger partial charge in [-0.05, 0) is 62.4 Å². The van der Waals surface area contributed by atoms with Gasteiger partial charge in [-0.2, -0.15) is 0 Å². The molecule has 30 heavy (non-hydrogen) atoms. The fourth-order valence-electron chi connectivity index (χ4n) is 3.61. The summed E-state index contributed by atoms with van der Waals surface area (Å²) in [6.07, 6.45) is 1.07. The highest BCUT2D eigenvalue weighted by molar-refractivity contribution is 9.10. The van der Waals surface area contributed by atoms with Crippen molar-refractivity contribution in [3.05, 3.63) is 56.0 Å². The summed E-state index contributed by atoms with van der Waals surface area (Å²) >= 11 is 15.9. The zero-order valence-electron chi connectivity index (χ0n) is 18.7. The van der Waals surface area contributed by atoms with Crippen LogP contribution >= 0.6 is 39.1 Å². The average molecular weight is 517 g/mol. The van der Waals surface area contributed by atoms with Crippen LogP contribution in [-0.4, -0.2) is 12.1 Å². The molecule has 0 saturated heterocycles. The van der Waals surface area contributed by atoms with Gasteiger partial charge >= 0.3 is 0 Å². The van der Waals surface area contributed by atoms with Crippen LogP contribution in [0.2, 0.25) is 10.0 Å². The van der Waals surface area contributed by atoms with Crippen LogP contribution in [0.15, 0.2) is 34.8 Å². The second-order valence-electron chi connectivity index (χ2n) is 9.32. The fraction of sp³-hybridized carbons (Fsp3) is 0.500. The van der Waals surface area contributed by atoms with E-state index in [1.807, 2.05) is 25.1 Å². The summed E-state index contributed by atoms with van der Waals surface area (Å²) in [6, 6.07) is 9.39. The van der Waals surface area contributed by atoms with Gasteiger partial charge in [-0.3, -0.25) is 0 Å². The summed E-state index contributed by atoms with van der Waals surface area (Å²) < 4.78 is 12.9. The number of ether oxygens (including phenoxy) is 2. The minimum Gasteiger partial charge on any atom is -0.490 e. The third-order valence-corrected chi connectivity index (χ3v) is 5.87. The lowest BCUT2D eigenvalue weighted by atomic mass is 9.82. The molecule has 0 bridgehead atoms. The number of nitrogens with one attached hydrogen (secondary N) is 1. The maximum absolute atomic E-state index is 6.27. The molecule has 0 amide bonds. The van der Waals surface area contributed by atoms with Crippen LogP contribution < -0.4 is 14.8 Å². The Bertz CT molecular complexity index is 863. The maximum atomic E-state index is 6.27. The predicted octanol–water partition coefficient (Wildman–Crippen LogP) is 8.04. The molecule has 0 spiro atoms. The highest BCUT2D eigenvalue weighted by Gasteiger charge is 2.25. The Morgan fingerprint density at radius 1 is 0.933 bits per heavy atom.